The monoisotopic (exact) mass is 345 g/mol. The molecule has 24 heavy (non-hydrogen) atoms. The van der Waals surface area contributed by atoms with Gasteiger partial charge in [0.1, 0.15) is 0 Å². The van der Waals surface area contributed by atoms with Gasteiger partial charge < -0.3 is 9.52 Å². The molecular formula is C18H14F2NO2P. The van der Waals surface area contributed by atoms with Gasteiger partial charge in [-0.15, -0.1) is 0 Å². The summed E-state index contributed by atoms with van der Waals surface area (Å²) in [6, 6.07) is 11.6. The summed E-state index contributed by atoms with van der Waals surface area (Å²) >= 11 is 0. The van der Waals surface area contributed by atoms with E-state index in [-0.39, 0.29) is 11.1 Å². The molecule has 2 unspecified atom stereocenters. The minimum Gasteiger partial charge on any atom is -0.441 e. The first-order chi connectivity index (χ1) is 11.3. The summed E-state index contributed by atoms with van der Waals surface area (Å²) in [4.78, 5) is 4.08. The maximum Gasteiger partial charge on any atom is 0.295 e. The maximum absolute atomic E-state index is 14.4. The molecule has 3 aromatic rings. The lowest BCUT2D eigenvalue weighted by atomic mass is 9.90. The maximum atomic E-state index is 14.4. The minimum absolute atomic E-state index is 0.162. The van der Waals surface area contributed by atoms with Crippen LogP contribution in [0.4, 0.5) is 8.78 Å². The molecule has 0 amide bonds. The molecule has 1 aliphatic rings. The van der Waals surface area contributed by atoms with Crippen molar-refractivity contribution in [2.75, 3.05) is 0 Å². The quantitative estimate of drug-likeness (QED) is 0.703. The highest BCUT2D eigenvalue weighted by Gasteiger charge is 2.57. The number of benzene rings is 2. The molecule has 0 bridgehead atoms. The van der Waals surface area contributed by atoms with Crippen molar-refractivity contribution in [1.29, 1.82) is 0 Å². The van der Waals surface area contributed by atoms with E-state index in [2.05, 4.69) is 4.98 Å². The second-order valence-corrected chi connectivity index (χ2v) is 6.58. The Hall–Kier alpha value is -2.10. The van der Waals surface area contributed by atoms with Gasteiger partial charge in [0.15, 0.2) is 17.3 Å². The summed E-state index contributed by atoms with van der Waals surface area (Å²) in [7, 11) is 1.46. The number of aliphatic hydroxyl groups is 1. The zero-order valence-corrected chi connectivity index (χ0v) is 13.9. The number of rotatable bonds is 2. The van der Waals surface area contributed by atoms with Crippen molar-refractivity contribution >= 4 is 9.24 Å². The largest absolute Gasteiger partial charge is 0.441 e. The van der Waals surface area contributed by atoms with Crippen molar-refractivity contribution in [1.82, 2.24) is 4.98 Å². The number of hydrogen-bond acceptors (Lipinski definition) is 3. The van der Waals surface area contributed by atoms with Crippen LogP contribution < -0.4 is 0 Å². The Bertz CT molecular complexity index is 948. The molecule has 0 radical (unpaired) electrons. The van der Waals surface area contributed by atoms with Gasteiger partial charge in [-0.25, -0.2) is 4.98 Å². The molecule has 0 saturated carbocycles. The van der Waals surface area contributed by atoms with Crippen molar-refractivity contribution in [3.8, 4) is 22.5 Å². The molecule has 2 aromatic carbocycles. The summed E-state index contributed by atoms with van der Waals surface area (Å²) in [6.45, 7) is 1.72. The van der Waals surface area contributed by atoms with Gasteiger partial charge in [-0.05, 0) is 11.1 Å². The average Bonchev–Trinajstić information content (AvgIpc) is 3.09. The lowest BCUT2D eigenvalue weighted by molar-refractivity contribution is -0.0964. The van der Waals surface area contributed by atoms with Crippen LogP contribution in [0.5, 0.6) is 0 Å². The van der Waals surface area contributed by atoms with E-state index in [1.165, 1.54) is 21.4 Å². The number of aryl methyl sites for hydroxylation is 1. The van der Waals surface area contributed by atoms with Crippen molar-refractivity contribution in [3.63, 3.8) is 0 Å². The topological polar surface area (TPSA) is 46.3 Å². The Labute approximate surface area is 139 Å². The van der Waals surface area contributed by atoms with E-state index in [9.17, 15) is 13.9 Å². The highest BCUT2D eigenvalue weighted by Crippen LogP contribution is 2.58. The normalized spacial score (nSPS) is 19.2. The Morgan fingerprint density at radius 3 is 2.42 bits per heavy atom. The first-order valence-electron chi connectivity index (χ1n) is 7.39. The predicted molar refractivity (Wildman–Crippen MR) is 89.8 cm³/mol. The fourth-order valence-corrected chi connectivity index (χ4v) is 3.67. The van der Waals surface area contributed by atoms with E-state index in [1.807, 2.05) is 0 Å². The summed E-state index contributed by atoms with van der Waals surface area (Å²) in [5.74, 6) is 0.969. The summed E-state index contributed by atoms with van der Waals surface area (Å²) in [5.41, 5.74) is -3.74. The van der Waals surface area contributed by atoms with Crippen LogP contribution in [0.2, 0.25) is 0 Å². The second-order valence-electron chi connectivity index (χ2n) is 5.85. The molecule has 0 aliphatic heterocycles. The van der Waals surface area contributed by atoms with E-state index in [1.54, 1.807) is 43.5 Å². The molecule has 2 atom stereocenters. The van der Waals surface area contributed by atoms with Crippen LogP contribution in [0, 0.1) is 6.92 Å². The van der Waals surface area contributed by atoms with E-state index >= 15 is 0 Å². The molecule has 3 nitrogen and oxygen atoms in total. The van der Waals surface area contributed by atoms with Crippen molar-refractivity contribution in [3.05, 3.63) is 65.7 Å². The van der Waals surface area contributed by atoms with Crippen LogP contribution in [-0.2, 0) is 5.60 Å². The molecule has 1 aromatic heterocycles. The first-order valence-corrected chi connectivity index (χ1v) is 7.97. The predicted octanol–water partition coefficient (Wildman–Crippen LogP) is 4.33. The standard InChI is InChI=1S/C18H14F2NO2P/c1-10-21-9-15(23-10)12-6-4-8-14-16(12)11-5-2-3-7-13(11)17(14,22)18(19,20)24/h2-9,22H,24H2,1H3. The molecule has 1 heterocycles. The van der Waals surface area contributed by atoms with Gasteiger partial charge in [-0.2, -0.15) is 8.78 Å². The van der Waals surface area contributed by atoms with Gasteiger partial charge >= 0.3 is 0 Å². The average molecular weight is 345 g/mol. The number of hydrogen-bond donors (Lipinski definition) is 1. The molecule has 6 heteroatoms. The lowest BCUT2D eigenvalue weighted by Crippen LogP contribution is -2.40. The van der Waals surface area contributed by atoms with Gasteiger partial charge in [0.25, 0.3) is 5.66 Å². The Balaban J connectivity index is 2.10. The highest BCUT2D eigenvalue weighted by atomic mass is 31.0. The molecule has 122 valence electrons. The molecule has 1 N–H and O–H groups in total. The van der Waals surface area contributed by atoms with E-state index in [0.717, 1.165) is 0 Å². The summed E-state index contributed by atoms with van der Waals surface area (Å²) in [6.07, 6.45) is 1.56. The number of halogens is 2. The van der Waals surface area contributed by atoms with Crippen molar-refractivity contribution in [2.24, 2.45) is 0 Å². The zero-order valence-electron chi connectivity index (χ0n) is 12.8. The van der Waals surface area contributed by atoms with Crippen LogP contribution in [0.15, 0.2) is 53.1 Å². The third-order valence-corrected chi connectivity index (χ3v) is 4.83. The third kappa shape index (κ3) is 1.92. The number of fused-ring (bicyclic) bond motifs is 3. The Kier molecular flexibility index (Phi) is 3.18. The first kappa shape index (κ1) is 15.4. The van der Waals surface area contributed by atoms with Crippen LogP contribution in [-0.4, -0.2) is 15.8 Å². The van der Waals surface area contributed by atoms with E-state index in [0.29, 0.717) is 28.3 Å². The Morgan fingerprint density at radius 1 is 1.08 bits per heavy atom. The lowest BCUT2D eigenvalue weighted by Gasteiger charge is -2.31. The van der Waals surface area contributed by atoms with Gasteiger partial charge in [-0.1, -0.05) is 51.7 Å². The van der Waals surface area contributed by atoms with E-state index < -0.39 is 11.3 Å². The fraction of sp³-hybridized carbons (Fsp3) is 0.167. The van der Waals surface area contributed by atoms with Gasteiger partial charge in [0.05, 0.1) is 6.20 Å². The van der Waals surface area contributed by atoms with Crippen LogP contribution >= 0.6 is 9.24 Å². The molecule has 0 fully saturated rings. The summed E-state index contributed by atoms with van der Waals surface area (Å²) in [5, 5.41) is 11.0. The molecule has 0 saturated heterocycles. The zero-order chi connectivity index (χ0) is 17.1. The number of aromatic nitrogens is 1. The fourth-order valence-electron chi connectivity index (χ4n) is 3.36. The van der Waals surface area contributed by atoms with Crippen LogP contribution in [0.3, 0.4) is 0 Å². The summed E-state index contributed by atoms with van der Waals surface area (Å²) < 4.78 is 34.3. The number of oxazole rings is 1. The number of alkyl halides is 2. The van der Waals surface area contributed by atoms with E-state index in [4.69, 9.17) is 4.42 Å². The molecule has 4 rings (SSSR count). The van der Waals surface area contributed by atoms with Gasteiger partial charge in [-0.3, -0.25) is 0 Å². The molecule has 1 aliphatic carbocycles. The van der Waals surface area contributed by atoms with Crippen LogP contribution in [0.25, 0.3) is 22.5 Å². The highest BCUT2D eigenvalue weighted by molar-refractivity contribution is 7.18. The SMILES string of the molecule is Cc1ncc(-c2cccc3c2-c2ccccc2C3(O)C(F)(F)P)o1. The molecular weight excluding hydrogens is 331 g/mol. The molecule has 0 spiro atoms. The third-order valence-electron chi connectivity index (χ3n) is 4.41. The van der Waals surface area contributed by atoms with Crippen molar-refractivity contribution < 1.29 is 18.3 Å². The second kappa shape index (κ2) is 4.95. The van der Waals surface area contributed by atoms with Crippen molar-refractivity contribution in [2.45, 2.75) is 18.2 Å². The van der Waals surface area contributed by atoms with Crippen LogP contribution in [0.1, 0.15) is 17.0 Å². The smallest absolute Gasteiger partial charge is 0.295 e. The van der Waals surface area contributed by atoms with Gasteiger partial charge in [0, 0.05) is 23.6 Å². The minimum atomic E-state index is -3.43. The van der Waals surface area contributed by atoms with Gasteiger partial charge in [0.2, 0.25) is 0 Å². The number of nitrogens with zero attached hydrogens (tertiary/aromatic N) is 1. The Morgan fingerprint density at radius 2 is 1.75 bits per heavy atom.